The van der Waals surface area contributed by atoms with E-state index in [1.54, 1.807) is 12.3 Å². The first-order chi connectivity index (χ1) is 10.5. The summed E-state index contributed by atoms with van der Waals surface area (Å²) in [5.41, 5.74) is 3.08. The number of nitrogens with zero attached hydrogens (tertiary/aromatic N) is 1. The van der Waals surface area contributed by atoms with Crippen LogP contribution in [0.4, 0.5) is 11.4 Å². The number of aromatic nitrogens is 1. The van der Waals surface area contributed by atoms with Crippen LogP contribution in [0.2, 0.25) is 5.02 Å². The van der Waals surface area contributed by atoms with E-state index in [2.05, 4.69) is 15.6 Å². The van der Waals surface area contributed by atoms with Gasteiger partial charge in [-0.2, -0.15) is 0 Å². The quantitative estimate of drug-likeness (QED) is 0.863. The summed E-state index contributed by atoms with van der Waals surface area (Å²) in [6.45, 7) is 5.95. The van der Waals surface area contributed by atoms with Crippen molar-refractivity contribution < 1.29 is 4.79 Å². The standard InChI is InChI=1S/C17H20ClN3O/c1-4-12(3)20-17(22)16-10-14(7-8-19-16)21-13-6-5-11(2)15(18)9-13/h5-10,12H,4H2,1-3H3,(H,19,21)(H,20,22). The van der Waals surface area contributed by atoms with Crippen LogP contribution >= 0.6 is 11.6 Å². The van der Waals surface area contributed by atoms with Gasteiger partial charge in [0.1, 0.15) is 5.69 Å². The van der Waals surface area contributed by atoms with Crippen molar-refractivity contribution in [1.29, 1.82) is 0 Å². The van der Waals surface area contributed by atoms with Crippen LogP contribution in [-0.4, -0.2) is 16.9 Å². The van der Waals surface area contributed by atoms with Crippen molar-refractivity contribution in [3.05, 3.63) is 52.8 Å². The number of amides is 1. The number of carbonyl (C=O) groups excluding carboxylic acids is 1. The van der Waals surface area contributed by atoms with Crippen LogP contribution in [0.5, 0.6) is 0 Å². The molecule has 0 fully saturated rings. The fourth-order valence-corrected chi connectivity index (χ4v) is 2.05. The van der Waals surface area contributed by atoms with Crippen molar-refractivity contribution >= 4 is 28.9 Å². The molecule has 1 atom stereocenters. The van der Waals surface area contributed by atoms with Gasteiger partial charge in [0, 0.05) is 28.6 Å². The first-order valence-electron chi connectivity index (χ1n) is 7.29. The zero-order valence-electron chi connectivity index (χ0n) is 13.0. The van der Waals surface area contributed by atoms with Crippen LogP contribution in [-0.2, 0) is 0 Å². The molecule has 2 N–H and O–H groups in total. The molecule has 1 aromatic carbocycles. The molecular formula is C17H20ClN3O. The van der Waals surface area contributed by atoms with E-state index in [1.807, 2.05) is 45.0 Å². The molecule has 0 saturated heterocycles. The van der Waals surface area contributed by atoms with Crippen molar-refractivity contribution in [1.82, 2.24) is 10.3 Å². The maximum Gasteiger partial charge on any atom is 0.270 e. The molecule has 1 heterocycles. The van der Waals surface area contributed by atoms with Crippen LogP contribution in [0.1, 0.15) is 36.3 Å². The first-order valence-corrected chi connectivity index (χ1v) is 7.67. The molecule has 0 aliphatic heterocycles. The molecule has 0 saturated carbocycles. The summed E-state index contributed by atoms with van der Waals surface area (Å²) in [5, 5.41) is 6.84. The van der Waals surface area contributed by atoms with Gasteiger partial charge in [0.15, 0.2) is 0 Å². The van der Waals surface area contributed by atoms with Gasteiger partial charge >= 0.3 is 0 Å². The Morgan fingerprint density at radius 3 is 2.68 bits per heavy atom. The number of pyridine rings is 1. The van der Waals surface area contributed by atoms with E-state index < -0.39 is 0 Å². The molecule has 2 aromatic rings. The lowest BCUT2D eigenvalue weighted by atomic mass is 10.2. The molecular weight excluding hydrogens is 298 g/mol. The van der Waals surface area contributed by atoms with E-state index in [4.69, 9.17) is 11.6 Å². The highest BCUT2D eigenvalue weighted by molar-refractivity contribution is 6.31. The summed E-state index contributed by atoms with van der Waals surface area (Å²) < 4.78 is 0. The molecule has 5 heteroatoms. The Bertz CT molecular complexity index is 673. The zero-order chi connectivity index (χ0) is 16.1. The third-order valence-electron chi connectivity index (χ3n) is 3.44. The lowest BCUT2D eigenvalue weighted by Gasteiger charge is -2.12. The zero-order valence-corrected chi connectivity index (χ0v) is 13.7. The summed E-state index contributed by atoms with van der Waals surface area (Å²) in [4.78, 5) is 16.2. The van der Waals surface area contributed by atoms with Crippen molar-refractivity contribution in [2.24, 2.45) is 0 Å². The third-order valence-corrected chi connectivity index (χ3v) is 3.85. The Kier molecular flexibility index (Phi) is 5.39. The number of rotatable bonds is 5. The van der Waals surface area contributed by atoms with Gasteiger partial charge in [-0.25, -0.2) is 0 Å². The molecule has 4 nitrogen and oxygen atoms in total. The third kappa shape index (κ3) is 4.21. The average Bonchev–Trinajstić information content (AvgIpc) is 2.51. The lowest BCUT2D eigenvalue weighted by Crippen LogP contribution is -2.32. The number of anilines is 2. The summed E-state index contributed by atoms with van der Waals surface area (Å²) in [6.07, 6.45) is 2.50. The average molecular weight is 318 g/mol. The molecule has 2 rings (SSSR count). The Hall–Kier alpha value is -2.07. The molecule has 1 unspecified atom stereocenters. The summed E-state index contributed by atoms with van der Waals surface area (Å²) in [6, 6.07) is 9.42. The normalized spacial score (nSPS) is 11.8. The van der Waals surface area contributed by atoms with Crippen molar-refractivity contribution in [3.8, 4) is 0 Å². The lowest BCUT2D eigenvalue weighted by molar-refractivity contribution is 0.0934. The Balaban J connectivity index is 2.14. The predicted octanol–water partition coefficient (Wildman–Crippen LogP) is 4.32. The minimum absolute atomic E-state index is 0.127. The fraction of sp³-hybridized carbons (Fsp3) is 0.294. The topological polar surface area (TPSA) is 54.0 Å². The highest BCUT2D eigenvalue weighted by Gasteiger charge is 2.10. The van der Waals surface area contributed by atoms with Gasteiger partial charge in [0.05, 0.1) is 0 Å². The number of aryl methyl sites for hydroxylation is 1. The van der Waals surface area contributed by atoms with E-state index in [0.717, 1.165) is 23.4 Å². The monoisotopic (exact) mass is 317 g/mol. The molecule has 116 valence electrons. The molecule has 0 aliphatic rings. The second kappa shape index (κ2) is 7.27. The van der Waals surface area contributed by atoms with Crippen LogP contribution in [0.25, 0.3) is 0 Å². The van der Waals surface area contributed by atoms with Crippen LogP contribution in [0.15, 0.2) is 36.5 Å². The van der Waals surface area contributed by atoms with Gasteiger partial charge in [-0.05, 0) is 50.1 Å². The number of carbonyl (C=O) groups is 1. The number of halogens is 1. The van der Waals surface area contributed by atoms with E-state index in [9.17, 15) is 4.79 Å². The van der Waals surface area contributed by atoms with Gasteiger partial charge in [-0.1, -0.05) is 24.6 Å². The van der Waals surface area contributed by atoms with Gasteiger partial charge < -0.3 is 10.6 Å². The van der Waals surface area contributed by atoms with Crippen molar-refractivity contribution in [2.75, 3.05) is 5.32 Å². The van der Waals surface area contributed by atoms with Crippen LogP contribution < -0.4 is 10.6 Å². The SMILES string of the molecule is CCC(C)NC(=O)c1cc(Nc2ccc(C)c(Cl)c2)ccn1. The number of hydrogen-bond acceptors (Lipinski definition) is 3. The minimum Gasteiger partial charge on any atom is -0.355 e. The maximum atomic E-state index is 12.1. The van der Waals surface area contributed by atoms with E-state index in [-0.39, 0.29) is 11.9 Å². The Labute approximate surface area is 135 Å². The molecule has 0 radical (unpaired) electrons. The van der Waals surface area contributed by atoms with Crippen molar-refractivity contribution in [3.63, 3.8) is 0 Å². The van der Waals surface area contributed by atoms with Crippen LogP contribution in [0.3, 0.4) is 0 Å². The molecule has 0 aliphatic carbocycles. The predicted molar refractivity (Wildman–Crippen MR) is 90.9 cm³/mol. The molecule has 1 aromatic heterocycles. The smallest absolute Gasteiger partial charge is 0.270 e. The molecule has 22 heavy (non-hydrogen) atoms. The van der Waals surface area contributed by atoms with Gasteiger partial charge in [-0.15, -0.1) is 0 Å². The number of nitrogens with one attached hydrogen (secondary N) is 2. The molecule has 0 spiro atoms. The number of benzene rings is 1. The van der Waals surface area contributed by atoms with E-state index in [0.29, 0.717) is 10.7 Å². The van der Waals surface area contributed by atoms with Gasteiger partial charge in [-0.3, -0.25) is 9.78 Å². The maximum absolute atomic E-state index is 12.1. The van der Waals surface area contributed by atoms with Gasteiger partial charge in [0.25, 0.3) is 5.91 Å². The van der Waals surface area contributed by atoms with Crippen molar-refractivity contribution in [2.45, 2.75) is 33.2 Å². The Morgan fingerprint density at radius 2 is 2.00 bits per heavy atom. The largest absolute Gasteiger partial charge is 0.355 e. The van der Waals surface area contributed by atoms with Gasteiger partial charge in [0.2, 0.25) is 0 Å². The summed E-state index contributed by atoms with van der Waals surface area (Å²) in [5.74, 6) is -0.167. The highest BCUT2D eigenvalue weighted by Crippen LogP contribution is 2.23. The summed E-state index contributed by atoms with van der Waals surface area (Å²) >= 11 is 6.12. The number of hydrogen-bond donors (Lipinski definition) is 2. The van der Waals surface area contributed by atoms with Crippen LogP contribution in [0, 0.1) is 6.92 Å². The second-order valence-corrected chi connectivity index (χ2v) is 5.71. The fourth-order valence-electron chi connectivity index (χ4n) is 1.87. The van der Waals surface area contributed by atoms with E-state index >= 15 is 0 Å². The Morgan fingerprint density at radius 1 is 1.27 bits per heavy atom. The second-order valence-electron chi connectivity index (χ2n) is 5.30. The minimum atomic E-state index is -0.167. The molecule has 0 bridgehead atoms. The molecule has 1 amide bonds. The first kappa shape index (κ1) is 16.3. The van der Waals surface area contributed by atoms with E-state index in [1.165, 1.54) is 0 Å². The highest BCUT2D eigenvalue weighted by atomic mass is 35.5. The summed E-state index contributed by atoms with van der Waals surface area (Å²) in [7, 11) is 0.